The highest BCUT2D eigenvalue weighted by molar-refractivity contribution is 5.82. The molecule has 0 bridgehead atoms. The van der Waals surface area contributed by atoms with Crippen molar-refractivity contribution in [1.82, 2.24) is 5.32 Å². The van der Waals surface area contributed by atoms with Gasteiger partial charge in [0.25, 0.3) is 0 Å². The van der Waals surface area contributed by atoms with Gasteiger partial charge in [-0.05, 0) is 57.4 Å². The third-order valence-electron chi connectivity index (χ3n) is 3.59. The van der Waals surface area contributed by atoms with Crippen molar-refractivity contribution in [3.63, 3.8) is 0 Å². The molecule has 1 aromatic rings. The summed E-state index contributed by atoms with van der Waals surface area (Å²) in [5.41, 5.74) is -1.39. The molecule has 110 valence electrons. The molecule has 0 radical (unpaired) electrons. The second-order valence-corrected chi connectivity index (χ2v) is 5.29. The first kappa shape index (κ1) is 14.9. The fourth-order valence-electron chi connectivity index (χ4n) is 2.10. The van der Waals surface area contributed by atoms with Crippen molar-refractivity contribution in [3.8, 4) is 0 Å². The summed E-state index contributed by atoms with van der Waals surface area (Å²) in [7, 11) is 0. The molecule has 0 saturated heterocycles. The van der Waals surface area contributed by atoms with Gasteiger partial charge in [-0.3, -0.25) is 5.32 Å². The Morgan fingerprint density at radius 2 is 2.15 bits per heavy atom. The van der Waals surface area contributed by atoms with Crippen molar-refractivity contribution >= 4 is 5.97 Å². The van der Waals surface area contributed by atoms with Gasteiger partial charge in [-0.2, -0.15) is 0 Å². The number of ether oxygens (including phenoxy) is 1. The molecular formula is C15H19F2NO2. The minimum absolute atomic E-state index is 0.0170. The Balaban J connectivity index is 2.32. The van der Waals surface area contributed by atoms with Gasteiger partial charge < -0.3 is 4.74 Å². The van der Waals surface area contributed by atoms with Crippen LogP contribution >= 0.6 is 0 Å². The topological polar surface area (TPSA) is 38.3 Å². The first-order valence-electron chi connectivity index (χ1n) is 6.85. The quantitative estimate of drug-likeness (QED) is 0.816. The van der Waals surface area contributed by atoms with Gasteiger partial charge in [0.05, 0.1) is 6.61 Å². The zero-order chi connectivity index (χ0) is 14.8. The lowest BCUT2D eigenvalue weighted by Crippen LogP contribution is -2.49. The van der Waals surface area contributed by atoms with E-state index < -0.39 is 23.1 Å². The van der Waals surface area contributed by atoms with E-state index in [1.54, 1.807) is 6.92 Å². The summed E-state index contributed by atoms with van der Waals surface area (Å²) in [6, 6.07) is 3.11. The highest BCUT2D eigenvalue weighted by Gasteiger charge is 2.40. The number of carbonyl (C=O) groups excluding carboxylic acids is 1. The number of esters is 1. The van der Waals surface area contributed by atoms with Crippen LogP contribution in [0.1, 0.15) is 32.3 Å². The van der Waals surface area contributed by atoms with Gasteiger partial charge in [-0.25, -0.2) is 13.6 Å². The van der Waals surface area contributed by atoms with E-state index in [4.69, 9.17) is 4.74 Å². The number of halogens is 2. The molecule has 2 rings (SSSR count). The van der Waals surface area contributed by atoms with E-state index in [1.807, 2.05) is 0 Å². The number of carbonyl (C=O) groups is 1. The molecular weight excluding hydrogens is 264 g/mol. The molecule has 0 heterocycles. The molecule has 0 amide bonds. The highest BCUT2D eigenvalue weighted by atomic mass is 19.1. The van der Waals surface area contributed by atoms with Crippen molar-refractivity contribution in [2.24, 2.45) is 5.92 Å². The van der Waals surface area contributed by atoms with Gasteiger partial charge in [-0.1, -0.05) is 0 Å². The Hall–Kier alpha value is -1.49. The Labute approximate surface area is 117 Å². The zero-order valence-electron chi connectivity index (χ0n) is 11.7. The van der Waals surface area contributed by atoms with Gasteiger partial charge >= 0.3 is 5.97 Å². The zero-order valence-corrected chi connectivity index (χ0v) is 11.7. The van der Waals surface area contributed by atoms with Crippen LogP contribution in [0.15, 0.2) is 18.2 Å². The van der Waals surface area contributed by atoms with Gasteiger partial charge in [0, 0.05) is 5.56 Å². The summed E-state index contributed by atoms with van der Waals surface area (Å²) in [4.78, 5) is 12.2. The van der Waals surface area contributed by atoms with Crippen LogP contribution in [0.2, 0.25) is 0 Å². The molecule has 0 aliphatic heterocycles. The molecule has 1 aromatic carbocycles. The van der Waals surface area contributed by atoms with Crippen molar-refractivity contribution in [3.05, 3.63) is 35.4 Å². The molecule has 1 aliphatic carbocycles. The fraction of sp³-hybridized carbons (Fsp3) is 0.533. The van der Waals surface area contributed by atoms with Crippen LogP contribution in [0, 0.1) is 17.6 Å². The van der Waals surface area contributed by atoms with Crippen molar-refractivity contribution in [1.29, 1.82) is 0 Å². The van der Waals surface area contributed by atoms with E-state index >= 15 is 0 Å². The molecule has 0 spiro atoms. The van der Waals surface area contributed by atoms with Crippen LogP contribution in [0.4, 0.5) is 8.78 Å². The average molecular weight is 283 g/mol. The fourth-order valence-corrected chi connectivity index (χ4v) is 2.10. The standard InChI is InChI=1S/C15H19F2NO2/c1-3-20-14(19)15(2,18-9-10-4-5-10)12-8-11(16)6-7-13(12)17/h6-8,10,18H,3-5,9H2,1-2H3. The minimum atomic E-state index is -1.37. The third kappa shape index (κ3) is 3.15. The van der Waals surface area contributed by atoms with Gasteiger partial charge in [0.1, 0.15) is 17.2 Å². The van der Waals surface area contributed by atoms with Crippen molar-refractivity contribution < 1.29 is 18.3 Å². The first-order chi connectivity index (χ1) is 9.47. The van der Waals surface area contributed by atoms with E-state index in [-0.39, 0.29) is 12.2 Å². The van der Waals surface area contributed by atoms with Crippen molar-refractivity contribution in [2.45, 2.75) is 32.2 Å². The Morgan fingerprint density at radius 3 is 2.75 bits per heavy atom. The summed E-state index contributed by atoms with van der Waals surface area (Å²) in [6.07, 6.45) is 2.19. The van der Waals surface area contributed by atoms with Gasteiger partial charge in [0.2, 0.25) is 0 Å². The van der Waals surface area contributed by atoms with Crippen LogP contribution in [-0.2, 0) is 15.1 Å². The number of hydrogen-bond donors (Lipinski definition) is 1. The molecule has 1 fully saturated rings. The lowest BCUT2D eigenvalue weighted by atomic mass is 9.91. The summed E-state index contributed by atoms with van der Waals surface area (Å²) in [6.45, 7) is 3.99. The molecule has 20 heavy (non-hydrogen) atoms. The van der Waals surface area contributed by atoms with Crippen LogP contribution in [0.25, 0.3) is 0 Å². The molecule has 5 heteroatoms. The van der Waals surface area contributed by atoms with Crippen LogP contribution in [-0.4, -0.2) is 19.1 Å². The second kappa shape index (κ2) is 5.87. The van der Waals surface area contributed by atoms with Gasteiger partial charge in [0.15, 0.2) is 0 Å². The van der Waals surface area contributed by atoms with Crippen LogP contribution in [0.3, 0.4) is 0 Å². The molecule has 1 N–H and O–H groups in total. The van der Waals surface area contributed by atoms with E-state index in [9.17, 15) is 13.6 Å². The Bertz CT molecular complexity index is 503. The number of hydrogen-bond acceptors (Lipinski definition) is 3. The normalized spacial score (nSPS) is 17.6. The summed E-state index contributed by atoms with van der Waals surface area (Å²) < 4.78 is 32.4. The van der Waals surface area contributed by atoms with Crippen LogP contribution < -0.4 is 5.32 Å². The molecule has 3 nitrogen and oxygen atoms in total. The van der Waals surface area contributed by atoms with Gasteiger partial charge in [-0.15, -0.1) is 0 Å². The average Bonchev–Trinajstić information content (AvgIpc) is 3.23. The molecule has 1 unspecified atom stereocenters. The predicted molar refractivity (Wildman–Crippen MR) is 71.1 cm³/mol. The first-order valence-corrected chi connectivity index (χ1v) is 6.85. The largest absolute Gasteiger partial charge is 0.464 e. The van der Waals surface area contributed by atoms with Crippen molar-refractivity contribution in [2.75, 3.05) is 13.2 Å². The predicted octanol–water partition coefficient (Wildman–Crippen LogP) is 2.74. The smallest absolute Gasteiger partial charge is 0.330 e. The molecule has 1 saturated carbocycles. The summed E-state index contributed by atoms with van der Waals surface area (Å²) in [5.74, 6) is -1.29. The lowest BCUT2D eigenvalue weighted by molar-refractivity contribution is -0.151. The Morgan fingerprint density at radius 1 is 1.45 bits per heavy atom. The monoisotopic (exact) mass is 283 g/mol. The lowest BCUT2D eigenvalue weighted by Gasteiger charge is -2.29. The number of rotatable bonds is 6. The molecule has 0 aromatic heterocycles. The molecule has 1 aliphatic rings. The minimum Gasteiger partial charge on any atom is -0.464 e. The van der Waals surface area contributed by atoms with Crippen LogP contribution in [0.5, 0.6) is 0 Å². The maximum atomic E-state index is 14.0. The van der Waals surface area contributed by atoms with E-state index in [1.165, 1.54) is 6.92 Å². The number of nitrogens with one attached hydrogen (secondary N) is 1. The maximum absolute atomic E-state index is 14.0. The van der Waals surface area contributed by atoms with E-state index in [2.05, 4.69) is 5.32 Å². The molecule has 1 atom stereocenters. The SMILES string of the molecule is CCOC(=O)C(C)(NCC1CC1)c1cc(F)ccc1F. The third-order valence-corrected chi connectivity index (χ3v) is 3.59. The maximum Gasteiger partial charge on any atom is 0.330 e. The number of benzene rings is 1. The van der Waals surface area contributed by atoms with E-state index in [0.29, 0.717) is 12.5 Å². The highest BCUT2D eigenvalue weighted by Crippen LogP contribution is 2.31. The van der Waals surface area contributed by atoms with E-state index in [0.717, 1.165) is 31.0 Å². The second-order valence-electron chi connectivity index (χ2n) is 5.29. The Kier molecular flexibility index (Phi) is 4.38. The summed E-state index contributed by atoms with van der Waals surface area (Å²) >= 11 is 0. The summed E-state index contributed by atoms with van der Waals surface area (Å²) in [5, 5.41) is 3.05.